The zero-order valence-electron chi connectivity index (χ0n) is 5.54. The average molecular weight is 229 g/mol. The number of rotatable bonds is 0. The predicted molar refractivity (Wildman–Crippen MR) is 51.2 cm³/mol. The fourth-order valence-electron chi connectivity index (χ4n) is 1.02. The summed E-state index contributed by atoms with van der Waals surface area (Å²) < 4.78 is 1.99. The fourth-order valence-corrected chi connectivity index (χ4v) is 2.55. The van der Waals surface area contributed by atoms with Gasteiger partial charge in [0.05, 0.1) is 8.49 Å². The van der Waals surface area contributed by atoms with Crippen LogP contribution in [0.2, 0.25) is 0 Å². The number of hydrogen-bond donors (Lipinski definition) is 1. The second kappa shape index (κ2) is 2.50. The number of halogens is 1. The molecule has 2 rings (SSSR count). The number of fused-ring (bicyclic) bond motifs is 1. The Bertz CT molecular complexity index is 394. The minimum Gasteiger partial charge on any atom is -0.506 e. The Labute approximate surface area is 76.4 Å². The zero-order chi connectivity index (χ0) is 7.84. The van der Waals surface area contributed by atoms with Gasteiger partial charge in [-0.15, -0.1) is 11.3 Å². The third-order valence-electron chi connectivity index (χ3n) is 1.49. The molecule has 0 aliphatic carbocycles. The molecular formula is C8H5BrOS. The van der Waals surface area contributed by atoms with E-state index < -0.39 is 0 Å². The zero-order valence-corrected chi connectivity index (χ0v) is 7.95. The molecule has 3 heteroatoms. The van der Waals surface area contributed by atoms with E-state index in [1.54, 1.807) is 17.4 Å². The lowest BCUT2D eigenvalue weighted by atomic mass is 10.2. The molecule has 0 fully saturated rings. The molecule has 56 valence electrons. The Morgan fingerprint density at radius 2 is 2.18 bits per heavy atom. The largest absolute Gasteiger partial charge is 0.506 e. The van der Waals surface area contributed by atoms with Crippen LogP contribution in [0.5, 0.6) is 5.75 Å². The van der Waals surface area contributed by atoms with Crippen LogP contribution in [0.4, 0.5) is 0 Å². The number of benzene rings is 1. The molecule has 0 amide bonds. The number of thiophene rings is 1. The second-order valence-electron chi connectivity index (χ2n) is 2.25. The van der Waals surface area contributed by atoms with E-state index in [0.717, 1.165) is 13.9 Å². The number of phenolic OH excluding ortho intramolecular Hbond substituents is 1. The molecule has 0 saturated heterocycles. The van der Waals surface area contributed by atoms with E-state index in [0.29, 0.717) is 5.75 Å². The third-order valence-corrected chi connectivity index (χ3v) is 3.17. The minimum atomic E-state index is 0.359. The molecule has 0 aliphatic heterocycles. The molecule has 1 N–H and O–H groups in total. The van der Waals surface area contributed by atoms with Crippen molar-refractivity contribution in [3.05, 3.63) is 28.1 Å². The average Bonchev–Trinajstić information content (AvgIpc) is 2.31. The molecule has 1 heterocycles. The van der Waals surface area contributed by atoms with Crippen LogP contribution in [-0.4, -0.2) is 5.11 Å². The van der Waals surface area contributed by atoms with Crippen LogP contribution in [0, 0.1) is 0 Å². The van der Waals surface area contributed by atoms with Crippen molar-refractivity contribution in [3.8, 4) is 5.75 Å². The van der Waals surface area contributed by atoms with E-state index in [-0.39, 0.29) is 0 Å². The van der Waals surface area contributed by atoms with Crippen molar-refractivity contribution in [2.75, 3.05) is 0 Å². The third kappa shape index (κ3) is 1.14. The van der Waals surface area contributed by atoms with Gasteiger partial charge >= 0.3 is 0 Å². The van der Waals surface area contributed by atoms with Crippen molar-refractivity contribution < 1.29 is 5.11 Å². The maximum Gasteiger partial charge on any atom is 0.133 e. The molecule has 2 aromatic rings. The molecule has 0 bridgehead atoms. The van der Waals surface area contributed by atoms with Gasteiger partial charge in [-0.25, -0.2) is 0 Å². The highest BCUT2D eigenvalue weighted by molar-refractivity contribution is 9.11. The number of phenols is 1. The van der Waals surface area contributed by atoms with Crippen LogP contribution in [0.15, 0.2) is 28.1 Å². The first-order valence-corrected chi connectivity index (χ1v) is 4.75. The van der Waals surface area contributed by atoms with E-state index in [9.17, 15) is 5.11 Å². The Morgan fingerprint density at radius 1 is 1.36 bits per heavy atom. The Balaban J connectivity index is 2.90. The topological polar surface area (TPSA) is 20.2 Å². The second-order valence-corrected chi connectivity index (χ2v) is 4.68. The lowest BCUT2D eigenvalue weighted by Crippen LogP contribution is -1.62. The predicted octanol–water partition coefficient (Wildman–Crippen LogP) is 3.37. The normalized spacial score (nSPS) is 10.6. The van der Waals surface area contributed by atoms with Gasteiger partial charge in [0, 0.05) is 0 Å². The van der Waals surface area contributed by atoms with E-state index in [2.05, 4.69) is 15.9 Å². The van der Waals surface area contributed by atoms with Gasteiger partial charge in [0.25, 0.3) is 0 Å². The molecule has 0 atom stereocenters. The van der Waals surface area contributed by atoms with Crippen LogP contribution in [0.25, 0.3) is 10.1 Å². The molecule has 0 spiro atoms. The Morgan fingerprint density at radius 3 is 2.91 bits per heavy atom. The molecular weight excluding hydrogens is 224 g/mol. The fraction of sp³-hybridized carbons (Fsp3) is 0. The summed E-state index contributed by atoms with van der Waals surface area (Å²) in [6.45, 7) is 0. The summed E-state index contributed by atoms with van der Waals surface area (Å²) in [5, 5.41) is 10.5. The first kappa shape index (κ1) is 7.13. The smallest absolute Gasteiger partial charge is 0.133 e. The van der Waals surface area contributed by atoms with Crippen molar-refractivity contribution in [1.82, 2.24) is 0 Å². The van der Waals surface area contributed by atoms with Gasteiger partial charge < -0.3 is 5.11 Å². The van der Waals surface area contributed by atoms with Gasteiger partial charge in [0.1, 0.15) is 5.75 Å². The standard InChI is InChI=1S/C8H5BrOS/c9-7-4-5-2-1-3-6(10)8(5)11-7/h1-4,10H. The quantitative estimate of drug-likeness (QED) is 0.734. The van der Waals surface area contributed by atoms with Crippen molar-refractivity contribution in [2.45, 2.75) is 0 Å². The SMILES string of the molecule is Oc1cccc2cc(Br)sc12. The number of aromatic hydroxyl groups is 1. The van der Waals surface area contributed by atoms with E-state index in [4.69, 9.17) is 0 Å². The van der Waals surface area contributed by atoms with Gasteiger partial charge in [-0.2, -0.15) is 0 Å². The molecule has 0 saturated carbocycles. The molecule has 0 aliphatic rings. The monoisotopic (exact) mass is 228 g/mol. The molecule has 1 aromatic carbocycles. The van der Waals surface area contributed by atoms with Gasteiger partial charge in [0.15, 0.2) is 0 Å². The molecule has 0 unspecified atom stereocenters. The minimum absolute atomic E-state index is 0.359. The van der Waals surface area contributed by atoms with E-state index in [1.165, 1.54) is 0 Å². The summed E-state index contributed by atoms with van der Waals surface area (Å²) in [5.41, 5.74) is 0. The van der Waals surface area contributed by atoms with Gasteiger partial charge in [0.2, 0.25) is 0 Å². The van der Waals surface area contributed by atoms with Crippen LogP contribution < -0.4 is 0 Å². The highest BCUT2D eigenvalue weighted by atomic mass is 79.9. The highest BCUT2D eigenvalue weighted by Gasteiger charge is 2.01. The highest BCUT2D eigenvalue weighted by Crippen LogP contribution is 2.35. The van der Waals surface area contributed by atoms with Gasteiger partial charge in [-0.05, 0) is 33.4 Å². The van der Waals surface area contributed by atoms with E-state index in [1.807, 2.05) is 18.2 Å². The Hall–Kier alpha value is -0.540. The van der Waals surface area contributed by atoms with Crippen LogP contribution in [0.3, 0.4) is 0 Å². The summed E-state index contributed by atoms with van der Waals surface area (Å²) in [6.07, 6.45) is 0. The van der Waals surface area contributed by atoms with Crippen LogP contribution in [-0.2, 0) is 0 Å². The van der Waals surface area contributed by atoms with Gasteiger partial charge in [-0.1, -0.05) is 12.1 Å². The summed E-state index contributed by atoms with van der Waals surface area (Å²) in [7, 11) is 0. The lowest BCUT2D eigenvalue weighted by molar-refractivity contribution is 0.482. The van der Waals surface area contributed by atoms with E-state index >= 15 is 0 Å². The molecule has 1 nitrogen and oxygen atoms in total. The van der Waals surface area contributed by atoms with Crippen molar-refractivity contribution in [3.63, 3.8) is 0 Å². The Kier molecular flexibility index (Phi) is 1.62. The van der Waals surface area contributed by atoms with Crippen molar-refractivity contribution in [2.24, 2.45) is 0 Å². The first-order chi connectivity index (χ1) is 5.27. The summed E-state index contributed by atoms with van der Waals surface area (Å²) >= 11 is 4.91. The summed E-state index contributed by atoms with van der Waals surface area (Å²) in [6, 6.07) is 7.53. The lowest BCUT2D eigenvalue weighted by Gasteiger charge is -1.90. The van der Waals surface area contributed by atoms with Crippen molar-refractivity contribution in [1.29, 1.82) is 0 Å². The summed E-state index contributed by atoms with van der Waals surface area (Å²) in [4.78, 5) is 0. The maximum absolute atomic E-state index is 9.37. The summed E-state index contributed by atoms with van der Waals surface area (Å²) in [5.74, 6) is 0.359. The number of hydrogen-bond acceptors (Lipinski definition) is 2. The first-order valence-electron chi connectivity index (χ1n) is 3.14. The van der Waals surface area contributed by atoms with Crippen LogP contribution in [0.1, 0.15) is 0 Å². The maximum atomic E-state index is 9.37. The molecule has 0 radical (unpaired) electrons. The van der Waals surface area contributed by atoms with Crippen LogP contribution >= 0.6 is 27.3 Å². The van der Waals surface area contributed by atoms with Gasteiger partial charge in [-0.3, -0.25) is 0 Å². The van der Waals surface area contributed by atoms with Crippen molar-refractivity contribution >= 4 is 37.4 Å². The molecule has 1 aromatic heterocycles. The molecule has 11 heavy (non-hydrogen) atoms.